The van der Waals surface area contributed by atoms with E-state index in [2.05, 4.69) is 0 Å². The van der Waals surface area contributed by atoms with E-state index in [1.165, 1.54) is 0 Å². The first-order chi connectivity index (χ1) is 7.77. The van der Waals surface area contributed by atoms with Crippen LogP contribution in [-0.4, -0.2) is 18.4 Å². The molecular weight excluding hydrogens is 204 g/mol. The molecule has 0 saturated heterocycles. The Morgan fingerprint density at radius 2 is 1.62 bits per heavy atom. The molecule has 0 amide bonds. The molecule has 0 unspecified atom stereocenters. The van der Waals surface area contributed by atoms with Crippen molar-refractivity contribution in [2.45, 2.75) is 12.8 Å². The average molecular weight is 218 g/mol. The maximum absolute atomic E-state index is 11.7. The first-order valence-corrected chi connectivity index (χ1v) is 6.21. The van der Waals surface area contributed by atoms with E-state index in [9.17, 15) is 14.4 Å². The fourth-order valence-corrected chi connectivity index (χ4v) is 5.37. The SMILES string of the molecule is O=C[C@@H]1C[C@H](C=O)[C@@H]2[C@H]3CC(=O)[C@H]4[C@@H]([C@@H]21)[C@@H]34. The summed E-state index contributed by atoms with van der Waals surface area (Å²) in [6.07, 6.45) is 3.49. The molecule has 0 aliphatic heterocycles. The zero-order chi connectivity index (χ0) is 11.0. The molecule has 0 aromatic carbocycles. The van der Waals surface area contributed by atoms with Crippen LogP contribution in [0.5, 0.6) is 0 Å². The monoisotopic (exact) mass is 218 g/mol. The molecule has 3 heteroatoms. The molecule has 4 saturated carbocycles. The van der Waals surface area contributed by atoms with Gasteiger partial charge in [-0.1, -0.05) is 0 Å². The molecule has 4 aliphatic rings. The van der Waals surface area contributed by atoms with Crippen LogP contribution >= 0.6 is 0 Å². The van der Waals surface area contributed by atoms with Crippen molar-refractivity contribution in [1.82, 2.24) is 0 Å². The molecule has 0 heterocycles. The number of fused-ring (bicyclic) bond motifs is 4. The highest BCUT2D eigenvalue weighted by molar-refractivity contribution is 5.89. The summed E-state index contributed by atoms with van der Waals surface area (Å²) in [5, 5.41) is 0. The number of carbonyl (C=O) groups is 3. The average Bonchev–Trinajstić information content (AvgIpc) is 2.63. The van der Waals surface area contributed by atoms with Crippen molar-refractivity contribution in [2.75, 3.05) is 0 Å². The summed E-state index contributed by atoms with van der Waals surface area (Å²) in [6.45, 7) is 0. The van der Waals surface area contributed by atoms with Crippen LogP contribution in [0.15, 0.2) is 0 Å². The fraction of sp³-hybridized carbons (Fsp3) is 0.769. The lowest BCUT2D eigenvalue weighted by Crippen LogP contribution is -2.22. The van der Waals surface area contributed by atoms with Gasteiger partial charge in [0.15, 0.2) is 0 Å². The second-order valence-corrected chi connectivity index (χ2v) is 6.01. The predicted molar refractivity (Wildman–Crippen MR) is 54.3 cm³/mol. The topological polar surface area (TPSA) is 51.2 Å². The van der Waals surface area contributed by atoms with Gasteiger partial charge in [0, 0.05) is 24.2 Å². The molecule has 4 fully saturated rings. The van der Waals surface area contributed by atoms with E-state index < -0.39 is 0 Å². The molecule has 16 heavy (non-hydrogen) atoms. The lowest BCUT2D eigenvalue weighted by molar-refractivity contribution is -0.120. The van der Waals surface area contributed by atoms with Crippen molar-refractivity contribution in [2.24, 2.45) is 47.3 Å². The Kier molecular flexibility index (Phi) is 1.49. The number of carbonyl (C=O) groups excluding carboxylic acids is 3. The van der Waals surface area contributed by atoms with Crippen LogP contribution in [-0.2, 0) is 14.4 Å². The molecule has 0 N–H and O–H groups in total. The summed E-state index contributed by atoms with van der Waals surface area (Å²) in [4.78, 5) is 33.9. The van der Waals surface area contributed by atoms with Crippen LogP contribution < -0.4 is 0 Å². The van der Waals surface area contributed by atoms with Crippen LogP contribution in [0, 0.1) is 47.3 Å². The van der Waals surface area contributed by atoms with Crippen LogP contribution in [0.25, 0.3) is 0 Å². The largest absolute Gasteiger partial charge is 0.303 e. The van der Waals surface area contributed by atoms with Gasteiger partial charge in [-0.2, -0.15) is 0 Å². The van der Waals surface area contributed by atoms with E-state index in [4.69, 9.17) is 0 Å². The number of hydrogen-bond acceptors (Lipinski definition) is 3. The molecule has 0 aromatic heterocycles. The minimum absolute atomic E-state index is 0.0459. The zero-order valence-electron chi connectivity index (χ0n) is 8.91. The van der Waals surface area contributed by atoms with E-state index in [0.29, 0.717) is 41.8 Å². The summed E-state index contributed by atoms with van der Waals surface area (Å²) in [6, 6.07) is 0. The summed E-state index contributed by atoms with van der Waals surface area (Å²) in [5.41, 5.74) is 0. The van der Waals surface area contributed by atoms with Gasteiger partial charge in [0.25, 0.3) is 0 Å². The fourth-order valence-electron chi connectivity index (χ4n) is 5.37. The molecule has 4 rings (SSSR count). The lowest BCUT2D eigenvalue weighted by atomic mass is 9.81. The second kappa shape index (κ2) is 2.63. The number of aldehydes is 2. The van der Waals surface area contributed by atoms with Gasteiger partial charge in [-0.25, -0.2) is 0 Å². The highest BCUT2D eigenvalue weighted by Gasteiger charge is 2.76. The Morgan fingerprint density at radius 3 is 2.31 bits per heavy atom. The van der Waals surface area contributed by atoms with Crippen molar-refractivity contribution >= 4 is 18.4 Å². The molecule has 3 nitrogen and oxygen atoms in total. The predicted octanol–water partition coefficient (Wildman–Crippen LogP) is 0.718. The van der Waals surface area contributed by atoms with Crippen LogP contribution in [0.1, 0.15) is 12.8 Å². The minimum Gasteiger partial charge on any atom is -0.303 e. The number of Topliss-reactive ketones (excluding diaryl/α,β-unsaturated/α-hetero) is 1. The highest BCUT2D eigenvalue weighted by atomic mass is 16.1. The Morgan fingerprint density at radius 1 is 0.938 bits per heavy atom. The number of hydrogen-bond donors (Lipinski definition) is 0. The smallest absolute Gasteiger partial charge is 0.136 e. The first kappa shape index (κ1) is 9.08. The van der Waals surface area contributed by atoms with E-state index >= 15 is 0 Å². The molecular formula is C13H14O3. The third-order valence-corrected chi connectivity index (χ3v) is 5.70. The van der Waals surface area contributed by atoms with Gasteiger partial charge < -0.3 is 9.59 Å². The number of rotatable bonds is 2. The van der Waals surface area contributed by atoms with Gasteiger partial charge in [-0.05, 0) is 36.0 Å². The van der Waals surface area contributed by atoms with Gasteiger partial charge in [0.2, 0.25) is 0 Å². The molecule has 0 spiro atoms. The Labute approximate surface area is 93.6 Å². The van der Waals surface area contributed by atoms with Crippen LogP contribution in [0.3, 0.4) is 0 Å². The third-order valence-electron chi connectivity index (χ3n) is 5.70. The zero-order valence-corrected chi connectivity index (χ0v) is 8.91. The first-order valence-electron chi connectivity index (χ1n) is 6.21. The van der Waals surface area contributed by atoms with Gasteiger partial charge >= 0.3 is 0 Å². The maximum Gasteiger partial charge on any atom is 0.136 e. The normalized spacial score (nSPS) is 60.6. The third kappa shape index (κ3) is 0.781. The van der Waals surface area contributed by atoms with E-state index in [1.54, 1.807) is 0 Å². The summed E-state index contributed by atoms with van der Waals surface area (Å²) in [5.74, 6) is 2.95. The van der Waals surface area contributed by atoms with Gasteiger partial charge in [0.1, 0.15) is 18.4 Å². The van der Waals surface area contributed by atoms with Gasteiger partial charge in [-0.15, -0.1) is 0 Å². The van der Waals surface area contributed by atoms with Crippen molar-refractivity contribution < 1.29 is 14.4 Å². The number of ketones is 1. The van der Waals surface area contributed by atoms with E-state index in [0.717, 1.165) is 19.0 Å². The highest BCUT2D eigenvalue weighted by Crippen LogP contribution is 2.75. The van der Waals surface area contributed by atoms with Gasteiger partial charge in [-0.3, -0.25) is 4.79 Å². The summed E-state index contributed by atoms with van der Waals surface area (Å²) < 4.78 is 0. The molecule has 8 atom stereocenters. The lowest BCUT2D eigenvalue weighted by Gasteiger charge is -2.21. The molecule has 4 aliphatic carbocycles. The van der Waals surface area contributed by atoms with Crippen LogP contribution in [0.4, 0.5) is 0 Å². The molecule has 0 bridgehead atoms. The summed E-state index contributed by atoms with van der Waals surface area (Å²) in [7, 11) is 0. The quantitative estimate of drug-likeness (QED) is 0.642. The van der Waals surface area contributed by atoms with Crippen molar-refractivity contribution in [1.29, 1.82) is 0 Å². The van der Waals surface area contributed by atoms with Crippen molar-refractivity contribution in [3.63, 3.8) is 0 Å². The molecule has 0 aromatic rings. The Hall–Kier alpha value is -0.990. The van der Waals surface area contributed by atoms with E-state index in [1.807, 2.05) is 0 Å². The Balaban J connectivity index is 1.75. The van der Waals surface area contributed by atoms with Crippen LogP contribution in [0.2, 0.25) is 0 Å². The second-order valence-electron chi connectivity index (χ2n) is 6.01. The Bertz CT molecular complexity index is 388. The van der Waals surface area contributed by atoms with Crippen molar-refractivity contribution in [3.8, 4) is 0 Å². The maximum atomic E-state index is 11.7. The molecule has 0 radical (unpaired) electrons. The minimum atomic E-state index is 0.0459. The standard InChI is InChI=1S/C13H14O3/c14-3-5-1-6(4-15)10-9(5)7-2-8(16)12-11(7)13(10)12/h3-7,9-13H,1-2H2/t5-,6+,7-,9-,10-,11+,12-,13+/m1/s1. The van der Waals surface area contributed by atoms with E-state index in [-0.39, 0.29) is 17.8 Å². The molecule has 84 valence electrons. The van der Waals surface area contributed by atoms with Gasteiger partial charge in [0.05, 0.1) is 0 Å². The van der Waals surface area contributed by atoms with Crippen molar-refractivity contribution in [3.05, 3.63) is 0 Å². The summed E-state index contributed by atoms with van der Waals surface area (Å²) >= 11 is 0.